The van der Waals surface area contributed by atoms with Gasteiger partial charge in [0, 0.05) is 44.3 Å². The smallest absolute Gasteiger partial charge is 0.258 e. The van der Waals surface area contributed by atoms with Crippen molar-refractivity contribution in [3.05, 3.63) is 52.7 Å². The fraction of sp³-hybridized carbons (Fsp3) is 0.481. The van der Waals surface area contributed by atoms with Gasteiger partial charge in [0.05, 0.1) is 16.8 Å². The number of nitrogens with zero attached hydrogens (tertiary/aromatic N) is 3. The Morgan fingerprint density at radius 2 is 2.03 bits per heavy atom. The van der Waals surface area contributed by atoms with Crippen LogP contribution < -0.4 is 4.74 Å². The number of nitrogens with one attached hydrogen (secondary N) is 1. The molecule has 2 aliphatic rings. The van der Waals surface area contributed by atoms with Crippen molar-refractivity contribution < 1.29 is 19.4 Å². The summed E-state index contributed by atoms with van der Waals surface area (Å²) < 4.78 is 11.4. The number of benzene rings is 2. The quantitative estimate of drug-likeness (QED) is 0.513. The number of H-pyrrole nitrogens is 1. The lowest BCUT2D eigenvalue weighted by molar-refractivity contribution is 0.0663. The van der Waals surface area contributed by atoms with Crippen LogP contribution in [-0.4, -0.2) is 71.0 Å². The van der Waals surface area contributed by atoms with Gasteiger partial charge in [-0.15, -0.1) is 0 Å². The summed E-state index contributed by atoms with van der Waals surface area (Å²) in [4.78, 5) is 17.4. The van der Waals surface area contributed by atoms with Gasteiger partial charge in [0.15, 0.2) is 0 Å². The minimum absolute atomic E-state index is 0.0243. The van der Waals surface area contributed by atoms with E-state index >= 15 is 0 Å². The van der Waals surface area contributed by atoms with Gasteiger partial charge in [-0.2, -0.15) is 5.10 Å². The van der Waals surface area contributed by atoms with Gasteiger partial charge in [0.25, 0.3) is 5.91 Å². The minimum atomic E-state index is -0.175. The second kappa shape index (κ2) is 10.3. The van der Waals surface area contributed by atoms with E-state index < -0.39 is 0 Å². The van der Waals surface area contributed by atoms with Crippen molar-refractivity contribution in [1.82, 2.24) is 20.0 Å². The molecule has 2 N–H and O–H groups in total. The summed E-state index contributed by atoms with van der Waals surface area (Å²) >= 11 is 0. The molecule has 3 aromatic rings. The molecule has 0 spiro atoms. The molecular weight excluding hydrogens is 444 g/mol. The average molecular weight is 479 g/mol. The lowest BCUT2D eigenvalue weighted by atomic mass is 9.93. The maximum Gasteiger partial charge on any atom is 0.258 e. The third kappa shape index (κ3) is 5.13. The monoisotopic (exact) mass is 478 g/mol. The van der Waals surface area contributed by atoms with Crippen molar-refractivity contribution in [3.8, 4) is 11.5 Å². The summed E-state index contributed by atoms with van der Waals surface area (Å²) in [5.74, 6) is 1.15. The molecule has 0 bridgehead atoms. The van der Waals surface area contributed by atoms with E-state index in [1.807, 2.05) is 18.2 Å². The van der Waals surface area contributed by atoms with Crippen molar-refractivity contribution in [2.45, 2.75) is 39.3 Å². The number of amides is 1. The van der Waals surface area contributed by atoms with E-state index in [0.717, 1.165) is 79.0 Å². The van der Waals surface area contributed by atoms with Crippen LogP contribution in [0.5, 0.6) is 11.5 Å². The number of fused-ring (bicyclic) bond motifs is 2. The third-order valence-corrected chi connectivity index (χ3v) is 7.28. The molecule has 1 fully saturated rings. The Bertz CT molecular complexity index is 1200. The number of phenolic OH excluding ortho intramolecular Hbond substituents is 1. The molecule has 5 rings (SSSR count). The number of hydrogen-bond acceptors (Lipinski definition) is 6. The van der Waals surface area contributed by atoms with E-state index in [1.165, 1.54) is 0 Å². The largest absolute Gasteiger partial charge is 0.507 e. The fourth-order valence-corrected chi connectivity index (χ4v) is 4.91. The van der Waals surface area contributed by atoms with Crippen LogP contribution in [0.25, 0.3) is 10.9 Å². The van der Waals surface area contributed by atoms with Crippen molar-refractivity contribution in [3.63, 3.8) is 0 Å². The number of hydrogen-bond donors (Lipinski definition) is 2. The highest BCUT2D eigenvalue weighted by Crippen LogP contribution is 2.33. The molecule has 3 heterocycles. The molecule has 0 radical (unpaired) electrons. The Labute approximate surface area is 205 Å². The Balaban J connectivity index is 1.30. The highest BCUT2D eigenvalue weighted by molar-refractivity contribution is 6.01. The molecule has 8 nitrogen and oxygen atoms in total. The van der Waals surface area contributed by atoms with Crippen molar-refractivity contribution >= 4 is 16.8 Å². The van der Waals surface area contributed by atoms with Gasteiger partial charge in [0.2, 0.25) is 0 Å². The van der Waals surface area contributed by atoms with Crippen LogP contribution in [0.15, 0.2) is 30.3 Å². The van der Waals surface area contributed by atoms with Crippen LogP contribution in [0, 0.1) is 5.92 Å². The van der Waals surface area contributed by atoms with E-state index in [1.54, 1.807) is 17.0 Å². The van der Waals surface area contributed by atoms with Crippen LogP contribution in [0.2, 0.25) is 0 Å². The van der Waals surface area contributed by atoms with E-state index in [2.05, 4.69) is 29.1 Å². The first-order valence-electron chi connectivity index (χ1n) is 12.5. The molecule has 35 heavy (non-hydrogen) atoms. The lowest BCUT2D eigenvalue weighted by Crippen LogP contribution is -2.25. The number of carbonyl (C=O) groups excluding carboxylic acids is 1. The van der Waals surface area contributed by atoms with Gasteiger partial charge in [0.1, 0.15) is 18.1 Å². The van der Waals surface area contributed by atoms with Gasteiger partial charge in [-0.25, -0.2) is 0 Å². The molecule has 0 unspecified atom stereocenters. The zero-order valence-electron chi connectivity index (χ0n) is 20.5. The number of likely N-dealkylation sites (N-methyl/N-ethyl adjacent to an activating group) is 1. The van der Waals surface area contributed by atoms with Gasteiger partial charge < -0.3 is 24.4 Å². The molecule has 1 amide bonds. The summed E-state index contributed by atoms with van der Waals surface area (Å²) in [6.07, 6.45) is 2.88. The Morgan fingerprint density at radius 1 is 1.23 bits per heavy atom. The van der Waals surface area contributed by atoms with Crippen LogP contribution in [0.4, 0.5) is 0 Å². The highest BCUT2D eigenvalue weighted by atomic mass is 16.5. The number of phenols is 1. The first-order chi connectivity index (χ1) is 17.0. The molecule has 2 aliphatic heterocycles. The Hall–Kier alpha value is -3.10. The van der Waals surface area contributed by atoms with Crippen LogP contribution in [-0.2, 0) is 24.2 Å². The molecule has 1 aromatic heterocycles. The topological polar surface area (TPSA) is 90.9 Å². The minimum Gasteiger partial charge on any atom is -0.507 e. The normalized spacial score (nSPS) is 16.3. The fourth-order valence-electron chi connectivity index (χ4n) is 4.91. The number of rotatable bonds is 8. The predicted octanol–water partition coefficient (Wildman–Crippen LogP) is 3.72. The SMILES string of the molecule is CCN(C)CCOc1ccc2c(c1)CN(C(=O)c1cc3c(CC4CCOCC4)n[nH]c3cc1O)C2. The third-order valence-electron chi connectivity index (χ3n) is 7.28. The lowest BCUT2D eigenvalue weighted by Gasteiger charge is -2.21. The molecule has 186 valence electrons. The van der Waals surface area contributed by atoms with Crippen molar-refractivity contribution in [2.75, 3.05) is 40.0 Å². The number of aromatic hydroxyl groups is 1. The highest BCUT2D eigenvalue weighted by Gasteiger charge is 2.27. The molecule has 2 aromatic carbocycles. The van der Waals surface area contributed by atoms with Gasteiger partial charge in [-0.3, -0.25) is 9.89 Å². The number of aromatic amines is 1. The zero-order chi connectivity index (χ0) is 24.4. The summed E-state index contributed by atoms with van der Waals surface area (Å²) in [5, 5.41) is 19.1. The molecule has 8 heteroatoms. The average Bonchev–Trinajstić information content (AvgIpc) is 3.47. The second-order valence-corrected chi connectivity index (χ2v) is 9.68. The van der Waals surface area contributed by atoms with Crippen molar-refractivity contribution in [2.24, 2.45) is 5.92 Å². The first kappa shape index (κ1) is 23.6. The molecule has 0 saturated carbocycles. The number of ether oxygens (including phenoxy) is 2. The standard InChI is InChI=1S/C27H34N4O4/c1-3-30(2)8-11-35-21-5-4-19-16-31(17-20(19)13-21)27(33)23-14-22-24(12-18-6-9-34-10-7-18)28-29-25(22)15-26(23)32/h4-5,13-15,18,32H,3,6-12,16-17H2,1-2H3,(H,28,29). The van der Waals surface area contributed by atoms with Gasteiger partial charge in [-0.05, 0) is 68.1 Å². The molecule has 1 saturated heterocycles. The molecular formula is C27H34N4O4. The van der Waals surface area contributed by atoms with Gasteiger partial charge in [-0.1, -0.05) is 13.0 Å². The van der Waals surface area contributed by atoms with E-state index in [9.17, 15) is 9.90 Å². The number of aromatic nitrogens is 2. The molecule has 0 aliphatic carbocycles. The van der Waals surface area contributed by atoms with E-state index in [-0.39, 0.29) is 11.7 Å². The maximum atomic E-state index is 13.5. The van der Waals surface area contributed by atoms with E-state index in [0.29, 0.717) is 31.2 Å². The summed E-state index contributed by atoms with van der Waals surface area (Å²) in [6, 6.07) is 9.45. The van der Waals surface area contributed by atoms with Crippen molar-refractivity contribution in [1.29, 1.82) is 0 Å². The van der Waals surface area contributed by atoms with E-state index in [4.69, 9.17) is 9.47 Å². The predicted molar refractivity (Wildman–Crippen MR) is 134 cm³/mol. The zero-order valence-corrected chi connectivity index (χ0v) is 20.5. The maximum absolute atomic E-state index is 13.5. The first-order valence-corrected chi connectivity index (χ1v) is 12.5. The number of carbonyl (C=O) groups is 1. The van der Waals surface area contributed by atoms with Crippen LogP contribution >= 0.6 is 0 Å². The Morgan fingerprint density at radius 3 is 2.83 bits per heavy atom. The second-order valence-electron chi connectivity index (χ2n) is 9.68. The summed E-state index contributed by atoms with van der Waals surface area (Å²) in [6.45, 7) is 7.19. The Kier molecular flexibility index (Phi) is 6.92. The van der Waals surface area contributed by atoms with Crippen LogP contribution in [0.3, 0.4) is 0 Å². The summed E-state index contributed by atoms with van der Waals surface area (Å²) in [7, 11) is 2.07. The summed E-state index contributed by atoms with van der Waals surface area (Å²) in [5.41, 5.74) is 4.21. The molecule has 0 atom stereocenters. The van der Waals surface area contributed by atoms with Crippen LogP contribution in [0.1, 0.15) is 46.9 Å². The van der Waals surface area contributed by atoms with Gasteiger partial charge >= 0.3 is 0 Å².